The fourth-order valence-electron chi connectivity index (χ4n) is 2.83. The lowest BCUT2D eigenvalue weighted by molar-refractivity contribution is 0.741. The molecule has 1 aliphatic heterocycles. The van der Waals surface area contributed by atoms with E-state index < -0.39 is 0 Å². The van der Waals surface area contributed by atoms with Gasteiger partial charge in [0.15, 0.2) is 0 Å². The van der Waals surface area contributed by atoms with Crippen LogP contribution < -0.4 is 5.32 Å². The van der Waals surface area contributed by atoms with Gasteiger partial charge in [-0.2, -0.15) is 0 Å². The zero-order valence-corrected chi connectivity index (χ0v) is 13.7. The van der Waals surface area contributed by atoms with Gasteiger partial charge in [-0.15, -0.1) is 0 Å². The van der Waals surface area contributed by atoms with Gasteiger partial charge in [-0.25, -0.2) is 4.98 Å². The first-order valence-corrected chi connectivity index (χ1v) is 8.15. The highest BCUT2D eigenvalue weighted by Crippen LogP contribution is 2.29. The molecule has 3 aromatic rings. The monoisotopic (exact) mass is 337 g/mol. The standard InChI is InChI=1S/C18H16ClN5/c19-13-5-3-12(4-6-13)9-21-17-8-16(23-11-24-17)15-10-22-18-14(15)2-1-7-20-18/h1-7,10-11,16H,8-9H2,(H,20,22)(H,21,23,24). The number of aliphatic imine (C=N–C) groups is 2. The number of aromatic amines is 1. The predicted molar refractivity (Wildman–Crippen MR) is 97.7 cm³/mol. The maximum atomic E-state index is 5.91. The van der Waals surface area contributed by atoms with Gasteiger partial charge in [0.05, 0.1) is 18.9 Å². The van der Waals surface area contributed by atoms with E-state index in [1.54, 1.807) is 12.5 Å². The SMILES string of the molecule is Clc1ccc(CN=C2CC(c3c[nH]c4ncccc34)N=CN2)cc1. The van der Waals surface area contributed by atoms with Crippen LogP contribution in [0.15, 0.2) is 58.8 Å². The molecule has 1 aliphatic rings. The molecule has 0 fully saturated rings. The quantitative estimate of drug-likeness (QED) is 0.761. The van der Waals surface area contributed by atoms with E-state index in [4.69, 9.17) is 11.6 Å². The molecule has 0 saturated carbocycles. The van der Waals surface area contributed by atoms with Gasteiger partial charge in [0, 0.05) is 34.8 Å². The summed E-state index contributed by atoms with van der Waals surface area (Å²) in [7, 11) is 0. The van der Waals surface area contributed by atoms with Crippen molar-refractivity contribution < 1.29 is 0 Å². The van der Waals surface area contributed by atoms with E-state index in [-0.39, 0.29) is 6.04 Å². The van der Waals surface area contributed by atoms with E-state index in [1.165, 1.54) is 0 Å². The summed E-state index contributed by atoms with van der Waals surface area (Å²) < 4.78 is 0. The summed E-state index contributed by atoms with van der Waals surface area (Å²) in [5.41, 5.74) is 3.17. The third-order valence-electron chi connectivity index (χ3n) is 4.08. The minimum atomic E-state index is 0.0492. The second-order valence-corrected chi connectivity index (χ2v) is 6.11. The number of nitrogens with one attached hydrogen (secondary N) is 2. The number of hydrogen-bond acceptors (Lipinski definition) is 3. The summed E-state index contributed by atoms with van der Waals surface area (Å²) in [4.78, 5) is 16.8. The van der Waals surface area contributed by atoms with Crippen molar-refractivity contribution in [3.05, 3.63) is 64.9 Å². The highest BCUT2D eigenvalue weighted by atomic mass is 35.5. The smallest absolute Gasteiger partial charge is 0.137 e. The number of amidine groups is 1. The Kier molecular flexibility index (Phi) is 4.01. The van der Waals surface area contributed by atoms with Gasteiger partial charge in [-0.1, -0.05) is 23.7 Å². The van der Waals surface area contributed by atoms with Crippen LogP contribution in [0.1, 0.15) is 23.6 Å². The summed E-state index contributed by atoms with van der Waals surface area (Å²) in [5, 5.41) is 5.00. The topological polar surface area (TPSA) is 65.4 Å². The number of benzene rings is 1. The molecule has 1 atom stereocenters. The van der Waals surface area contributed by atoms with Crippen molar-refractivity contribution in [1.82, 2.24) is 15.3 Å². The lowest BCUT2D eigenvalue weighted by atomic mass is 10.0. The number of nitrogens with zero attached hydrogens (tertiary/aromatic N) is 3. The first kappa shape index (κ1) is 14.9. The first-order valence-electron chi connectivity index (χ1n) is 7.77. The number of halogens is 1. The summed E-state index contributed by atoms with van der Waals surface area (Å²) >= 11 is 5.91. The van der Waals surface area contributed by atoms with Crippen LogP contribution in [0, 0.1) is 0 Å². The molecule has 0 radical (unpaired) electrons. The van der Waals surface area contributed by atoms with Gasteiger partial charge in [0.25, 0.3) is 0 Å². The van der Waals surface area contributed by atoms with E-state index in [9.17, 15) is 0 Å². The lowest BCUT2D eigenvalue weighted by Crippen LogP contribution is -2.28. The van der Waals surface area contributed by atoms with Crippen LogP contribution in [0.5, 0.6) is 0 Å². The number of rotatable bonds is 3. The van der Waals surface area contributed by atoms with Gasteiger partial charge >= 0.3 is 0 Å². The largest absolute Gasteiger partial charge is 0.346 e. The van der Waals surface area contributed by atoms with E-state index in [2.05, 4.69) is 31.3 Å². The molecule has 2 aromatic heterocycles. The molecular formula is C18H16ClN5. The van der Waals surface area contributed by atoms with Crippen LogP contribution in [0.3, 0.4) is 0 Å². The fraction of sp³-hybridized carbons (Fsp3) is 0.167. The number of fused-ring (bicyclic) bond motifs is 1. The van der Waals surface area contributed by atoms with E-state index in [0.717, 1.165) is 39.4 Å². The van der Waals surface area contributed by atoms with E-state index in [1.807, 2.05) is 36.5 Å². The van der Waals surface area contributed by atoms with E-state index in [0.29, 0.717) is 6.54 Å². The Labute approximate surface area is 144 Å². The molecule has 1 aromatic carbocycles. The molecule has 0 spiro atoms. The van der Waals surface area contributed by atoms with Crippen molar-refractivity contribution in [3.8, 4) is 0 Å². The zero-order valence-electron chi connectivity index (χ0n) is 12.9. The maximum Gasteiger partial charge on any atom is 0.137 e. The summed E-state index contributed by atoms with van der Waals surface area (Å²) in [5.74, 6) is 0.934. The average Bonchev–Trinajstić information content (AvgIpc) is 3.06. The molecule has 4 rings (SSSR count). The Hall–Kier alpha value is -2.66. The second-order valence-electron chi connectivity index (χ2n) is 5.68. The fourth-order valence-corrected chi connectivity index (χ4v) is 2.95. The van der Waals surface area contributed by atoms with Crippen molar-refractivity contribution in [1.29, 1.82) is 0 Å². The molecule has 6 heteroatoms. The van der Waals surface area contributed by atoms with Crippen molar-refractivity contribution >= 4 is 34.8 Å². The Bertz CT molecular complexity index is 911. The number of hydrogen-bond donors (Lipinski definition) is 2. The number of aromatic nitrogens is 2. The van der Waals surface area contributed by atoms with Crippen molar-refractivity contribution in [2.75, 3.05) is 0 Å². The molecule has 5 nitrogen and oxygen atoms in total. The van der Waals surface area contributed by atoms with Gasteiger partial charge in [0.2, 0.25) is 0 Å². The van der Waals surface area contributed by atoms with Crippen LogP contribution >= 0.6 is 11.6 Å². The Morgan fingerprint density at radius 1 is 1.21 bits per heavy atom. The molecular weight excluding hydrogens is 322 g/mol. The Morgan fingerprint density at radius 2 is 2.08 bits per heavy atom. The second kappa shape index (κ2) is 6.45. The van der Waals surface area contributed by atoms with Crippen LogP contribution in [-0.2, 0) is 6.54 Å². The van der Waals surface area contributed by atoms with Crippen LogP contribution in [0.25, 0.3) is 11.0 Å². The van der Waals surface area contributed by atoms with Crippen molar-refractivity contribution in [2.24, 2.45) is 9.98 Å². The first-order chi connectivity index (χ1) is 11.8. The molecule has 0 amide bonds. The number of pyridine rings is 1. The summed E-state index contributed by atoms with van der Waals surface area (Å²) in [6.07, 6.45) is 6.24. The normalized spacial score (nSPS) is 18.9. The third-order valence-corrected chi connectivity index (χ3v) is 4.33. The molecule has 1 unspecified atom stereocenters. The minimum absolute atomic E-state index is 0.0492. The molecule has 24 heavy (non-hydrogen) atoms. The van der Waals surface area contributed by atoms with Crippen molar-refractivity contribution in [3.63, 3.8) is 0 Å². The molecule has 120 valence electrons. The van der Waals surface area contributed by atoms with Crippen LogP contribution in [0.4, 0.5) is 0 Å². The highest BCUT2D eigenvalue weighted by Gasteiger charge is 2.19. The maximum absolute atomic E-state index is 5.91. The molecule has 0 saturated heterocycles. The Morgan fingerprint density at radius 3 is 2.96 bits per heavy atom. The summed E-state index contributed by atoms with van der Waals surface area (Å²) in [6.45, 7) is 0.621. The van der Waals surface area contributed by atoms with Gasteiger partial charge in [-0.05, 0) is 29.8 Å². The molecule has 0 bridgehead atoms. The van der Waals surface area contributed by atoms with Crippen LogP contribution in [-0.4, -0.2) is 22.1 Å². The molecule has 2 N–H and O–H groups in total. The average molecular weight is 338 g/mol. The third kappa shape index (κ3) is 3.03. The highest BCUT2D eigenvalue weighted by molar-refractivity contribution is 6.30. The Balaban J connectivity index is 1.53. The lowest BCUT2D eigenvalue weighted by Gasteiger charge is -2.18. The number of H-pyrrole nitrogens is 1. The molecule has 3 heterocycles. The van der Waals surface area contributed by atoms with Crippen molar-refractivity contribution in [2.45, 2.75) is 19.0 Å². The zero-order chi connectivity index (χ0) is 16.4. The minimum Gasteiger partial charge on any atom is -0.346 e. The predicted octanol–water partition coefficient (Wildman–Crippen LogP) is 3.88. The molecule has 0 aliphatic carbocycles. The van der Waals surface area contributed by atoms with Gasteiger partial charge in [0.1, 0.15) is 11.5 Å². The summed E-state index contributed by atoms with van der Waals surface area (Å²) in [6, 6.07) is 11.8. The van der Waals surface area contributed by atoms with E-state index >= 15 is 0 Å². The van der Waals surface area contributed by atoms with Crippen LogP contribution in [0.2, 0.25) is 5.02 Å². The van der Waals surface area contributed by atoms with Gasteiger partial charge < -0.3 is 10.3 Å². The van der Waals surface area contributed by atoms with Gasteiger partial charge in [-0.3, -0.25) is 9.98 Å².